The first-order chi connectivity index (χ1) is 10.1. The topological polar surface area (TPSA) is 88.8 Å². The molecule has 7 heteroatoms. The van der Waals surface area contributed by atoms with Gasteiger partial charge in [0.25, 0.3) is 0 Å². The zero-order valence-electron chi connectivity index (χ0n) is 11.9. The average Bonchev–Trinajstić information content (AvgIpc) is 2.86. The van der Waals surface area contributed by atoms with E-state index in [2.05, 4.69) is 15.4 Å². The van der Waals surface area contributed by atoms with E-state index >= 15 is 0 Å². The molecule has 0 spiro atoms. The highest BCUT2D eigenvalue weighted by Gasteiger charge is 2.40. The number of hydrogen-bond donors (Lipinski definition) is 2. The van der Waals surface area contributed by atoms with Crippen LogP contribution in [0.5, 0.6) is 0 Å². The minimum absolute atomic E-state index is 0.336. The van der Waals surface area contributed by atoms with Crippen LogP contribution in [0, 0.1) is 12.3 Å². The number of aryl methyl sites for hydroxylation is 1. The van der Waals surface area contributed by atoms with Crippen molar-refractivity contribution in [3.8, 4) is 0 Å². The maximum atomic E-state index is 11.6. The Morgan fingerprint density at radius 3 is 3.00 bits per heavy atom. The number of anilines is 1. The molecule has 2 N–H and O–H groups in total. The molecule has 3 heterocycles. The smallest absolute Gasteiger partial charge is 0.311 e. The van der Waals surface area contributed by atoms with Crippen molar-refractivity contribution in [3.63, 3.8) is 0 Å². The van der Waals surface area contributed by atoms with Crippen LogP contribution in [-0.4, -0.2) is 45.4 Å². The summed E-state index contributed by atoms with van der Waals surface area (Å²) in [6, 6.07) is 1.92. The standard InChI is InChI=1S/C14H18N4O3/c1-10-8-11-12(15-4-5-18(11)17-10)16-9-14(13(19)20)2-6-21-7-3-14/h4-5,8H,2-3,6-7,9H2,1H3,(H,15,16)(H,19,20). The second-order valence-corrected chi connectivity index (χ2v) is 5.44. The number of nitrogens with one attached hydrogen (secondary N) is 1. The zero-order valence-corrected chi connectivity index (χ0v) is 11.9. The number of rotatable bonds is 4. The van der Waals surface area contributed by atoms with Gasteiger partial charge in [0.05, 0.1) is 11.1 Å². The summed E-state index contributed by atoms with van der Waals surface area (Å²) in [5, 5.41) is 17.1. The first kappa shape index (κ1) is 13.8. The van der Waals surface area contributed by atoms with Crippen LogP contribution in [0.1, 0.15) is 18.5 Å². The van der Waals surface area contributed by atoms with Gasteiger partial charge in [0.15, 0.2) is 5.82 Å². The lowest BCUT2D eigenvalue weighted by Gasteiger charge is -2.33. The summed E-state index contributed by atoms with van der Waals surface area (Å²) in [4.78, 5) is 15.9. The number of ether oxygens (including phenoxy) is 1. The third kappa shape index (κ3) is 2.56. The van der Waals surface area contributed by atoms with Gasteiger partial charge in [0, 0.05) is 32.2 Å². The predicted octanol–water partition coefficient (Wildman–Crippen LogP) is 1.33. The monoisotopic (exact) mass is 290 g/mol. The minimum Gasteiger partial charge on any atom is -0.481 e. The molecule has 0 atom stereocenters. The molecule has 0 bridgehead atoms. The first-order valence-corrected chi connectivity index (χ1v) is 6.97. The molecule has 0 saturated carbocycles. The number of fused-ring (bicyclic) bond motifs is 1. The SMILES string of the molecule is Cc1cc2c(NCC3(C(=O)O)CCOCC3)nccn2n1. The van der Waals surface area contributed by atoms with Crippen molar-refractivity contribution in [2.24, 2.45) is 5.41 Å². The van der Waals surface area contributed by atoms with E-state index in [1.165, 1.54) is 0 Å². The molecule has 0 aliphatic carbocycles. The van der Waals surface area contributed by atoms with Gasteiger partial charge in [-0.2, -0.15) is 5.10 Å². The number of carbonyl (C=O) groups is 1. The summed E-state index contributed by atoms with van der Waals surface area (Å²) in [5.74, 6) is -0.125. The highest BCUT2D eigenvalue weighted by molar-refractivity contribution is 5.76. The minimum atomic E-state index is -0.790. The summed E-state index contributed by atoms with van der Waals surface area (Å²) in [7, 11) is 0. The fraction of sp³-hybridized carbons (Fsp3) is 0.500. The molecule has 112 valence electrons. The van der Waals surface area contributed by atoms with E-state index in [-0.39, 0.29) is 0 Å². The van der Waals surface area contributed by atoms with Crippen LogP contribution in [0.3, 0.4) is 0 Å². The van der Waals surface area contributed by atoms with Gasteiger partial charge < -0.3 is 15.2 Å². The lowest BCUT2D eigenvalue weighted by atomic mass is 9.80. The summed E-state index contributed by atoms with van der Waals surface area (Å²) in [6.07, 6.45) is 4.45. The molecule has 0 aromatic carbocycles. The third-order valence-corrected chi connectivity index (χ3v) is 4.01. The van der Waals surface area contributed by atoms with Crippen molar-refractivity contribution >= 4 is 17.3 Å². The molecule has 0 amide bonds. The quantitative estimate of drug-likeness (QED) is 0.883. The second-order valence-electron chi connectivity index (χ2n) is 5.44. The van der Waals surface area contributed by atoms with E-state index < -0.39 is 11.4 Å². The first-order valence-electron chi connectivity index (χ1n) is 6.97. The van der Waals surface area contributed by atoms with Crippen molar-refractivity contribution in [2.45, 2.75) is 19.8 Å². The molecule has 0 unspecified atom stereocenters. The lowest BCUT2D eigenvalue weighted by Crippen LogP contribution is -2.42. The third-order valence-electron chi connectivity index (χ3n) is 4.01. The largest absolute Gasteiger partial charge is 0.481 e. The Balaban J connectivity index is 1.83. The zero-order chi connectivity index (χ0) is 14.9. The molecular weight excluding hydrogens is 272 g/mol. The predicted molar refractivity (Wildman–Crippen MR) is 76.3 cm³/mol. The summed E-state index contributed by atoms with van der Waals surface area (Å²) < 4.78 is 7.02. The van der Waals surface area contributed by atoms with Gasteiger partial charge in [0.2, 0.25) is 0 Å². The molecular formula is C14H18N4O3. The van der Waals surface area contributed by atoms with Gasteiger partial charge in [-0.3, -0.25) is 4.79 Å². The molecule has 1 aliphatic heterocycles. The summed E-state index contributed by atoms with van der Waals surface area (Å²) in [5.41, 5.74) is 0.953. The van der Waals surface area contributed by atoms with Crippen molar-refractivity contribution in [2.75, 3.05) is 25.1 Å². The Morgan fingerprint density at radius 2 is 2.29 bits per heavy atom. The van der Waals surface area contributed by atoms with Crippen LogP contribution in [-0.2, 0) is 9.53 Å². The Labute approximate surface area is 121 Å². The fourth-order valence-electron chi connectivity index (χ4n) is 2.66. The van der Waals surface area contributed by atoms with Gasteiger partial charge >= 0.3 is 5.97 Å². The van der Waals surface area contributed by atoms with E-state index in [1.54, 1.807) is 16.9 Å². The Hall–Kier alpha value is -2.15. The normalized spacial score (nSPS) is 17.8. The van der Waals surface area contributed by atoms with E-state index in [9.17, 15) is 9.90 Å². The van der Waals surface area contributed by atoms with Crippen LogP contribution in [0.25, 0.3) is 5.52 Å². The highest BCUT2D eigenvalue weighted by Crippen LogP contribution is 2.31. The number of carboxylic acids is 1. The van der Waals surface area contributed by atoms with Crippen LogP contribution in [0.4, 0.5) is 5.82 Å². The van der Waals surface area contributed by atoms with Gasteiger partial charge in [-0.1, -0.05) is 0 Å². The fourth-order valence-corrected chi connectivity index (χ4v) is 2.66. The van der Waals surface area contributed by atoms with Crippen molar-refractivity contribution in [1.82, 2.24) is 14.6 Å². The number of aliphatic carboxylic acids is 1. The van der Waals surface area contributed by atoms with Crippen LogP contribution in [0.2, 0.25) is 0 Å². The maximum Gasteiger partial charge on any atom is 0.311 e. The van der Waals surface area contributed by atoms with Crippen molar-refractivity contribution < 1.29 is 14.6 Å². The highest BCUT2D eigenvalue weighted by atomic mass is 16.5. The van der Waals surface area contributed by atoms with E-state index in [0.29, 0.717) is 38.4 Å². The van der Waals surface area contributed by atoms with Crippen LogP contribution < -0.4 is 5.32 Å². The van der Waals surface area contributed by atoms with Gasteiger partial charge in [0.1, 0.15) is 5.52 Å². The molecule has 2 aromatic rings. The summed E-state index contributed by atoms with van der Waals surface area (Å²) in [6.45, 7) is 3.21. The van der Waals surface area contributed by atoms with E-state index in [4.69, 9.17) is 4.74 Å². The van der Waals surface area contributed by atoms with Crippen LogP contribution >= 0.6 is 0 Å². The number of nitrogens with zero attached hydrogens (tertiary/aromatic N) is 3. The Morgan fingerprint density at radius 1 is 1.52 bits per heavy atom. The van der Waals surface area contributed by atoms with Crippen molar-refractivity contribution in [1.29, 1.82) is 0 Å². The molecule has 21 heavy (non-hydrogen) atoms. The number of hydrogen-bond acceptors (Lipinski definition) is 5. The lowest BCUT2D eigenvalue weighted by molar-refractivity contribution is -0.153. The number of carboxylic acid groups (broad SMARTS) is 1. The van der Waals surface area contributed by atoms with Gasteiger partial charge in [-0.05, 0) is 25.8 Å². The molecule has 1 aliphatic rings. The van der Waals surface area contributed by atoms with Crippen LogP contribution in [0.15, 0.2) is 18.5 Å². The van der Waals surface area contributed by atoms with E-state index in [1.807, 2.05) is 13.0 Å². The molecule has 1 fully saturated rings. The van der Waals surface area contributed by atoms with E-state index in [0.717, 1.165) is 11.2 Å². The number of aromatic nitrogens is 3. The average molecular weight is 290 g/mol. The second kappa shape index (κ2) is 5.33. The Kier molecular flexibility index (Phi) is 3.50. The maximum absolute atomic E-state index is 11.6. The summed E-state index contributed by atoms with van der Waals surface area (Å²) >= 11 is 0. The molecule has 0 radical (unpaired) electrons. The molecule has 1 saturated heterocycles. The van der Waals surface area contributed by atoms with Gasteiger partial charge in [-0.25, -0.2) is 9.50 Å². The molecule has 2 aromatic heterocycles. The van der Waals surface area contributed by atoms with Crippen molar-refractivity contribution in [3.05, 3.63) is 24.2 Å². The molecule has 3 rings (SSSR count). The Bertz CT molecular complexity index is 661. The van der Waals surface area contributed by atoms with Gasteiger partial charge in [-0.15, -0.1) is 0 Å². The molecule has 7 nitrogen and oxygen atoms in total.